The molecule has 1 aliphatic heterocycles. The fourth-order valence-corrected chi connectivity index (χ4v) is 3.75. The Kier molecular flexibility index (Phi) is 7.01. The first-order valence-corrected chi connectivity index (χ1v) is 9.90. The first-order chi connectivity index (χ1) is 13.5. The third-order valence-corrected chi connectivity index (χ3v) is 6.23. The van der Waals surface area contributed by atoms with Crippen LogP contribution in [0.25, 0.3) is 0 Å². The van der Waals surface area contributed by atoms with E-state index in [4.69, 9.17) is 14.2 Å². The molecule has 1 aliphatic carbocycles. The van der Waals surface area contributed by atoms with Gasteiger partial charge in [0.2, 0.25) is 0 Å². The molecule has 1 heterocycles. The summed E-state index contributed by atoms with van der Waals surface area (Å²) in [6, 6.07) is 0. The zero-order valence-electron chi connectivity index (χ0n) is 17.6. The van der Waals surface area contributed by atoms with Gasteiger partial charge in [0.25, 0.3) is 0 Å². The van der Waals surface area contributed by atoms with Gasteiger partial charge in [-0.1, -0.05) is 27.4 Å². The van der Waals surface area contributed by atoms with Crippen molar-refractivity contribution >= 4 is 23.5 Å². The Morgan fingerprint density at radius 2 is 1.97 bits per heavy atom. The first kappa shape index (κ1) is 23.2. The van der Waals surface area contributed by atoms with Crippen LogP contribution in [0.3, 0.4) is 0 Å². The number of aliphatic hydroxyl groups is 1. The van der Waals surface area contributed by atoms with Gasteiger partial charge in [-0.3, -0.25) is 14.4 Å². The fraction of sp³-hybridized carbons (Fsp3) is 0.714. The Morgan fingerprint density at radius 3 is 2.52 bits per heavy atom. The smallest absolute Gasteiger partial charge is 0.334 e. The summed E-state index contributed by atoms with van der Waals surface area (Å²) in [5.74, 6) is -4.93. The minimum atomic E-state index is -2.35. The summed E-state index contributed by atoms with van der Waals surface area (Å²) in [7, 11) is 1.42. The molecule has 0 spiro atoms. The Balaban J connectivity index is 2.56. The maximum Gasteiger partial charge on any atom is 0.334 e. The predicted molar refractivity (Wildman–Crippen MR) is 102 cm³/mol. The molecule has 7 unspecified atom stereocenters. The highest BCUT2D eigenvalue weighted by Gasteiger charge is 2.63. The van der Waals surface area contributed by atoms with Crippen molar-refractivity contribution < 1.29 is 38.5 Å². The van der Waals surface area contributed by atoms with Crippen molar-refractivity contribution in [1.29, 1.82) is 0 Å². The van der Waals surface area contributed by atoms with E-state index in [2.05, 4.69) is 6.58 Å². The van der Waals surface area contributed by atoms with Gasteiger partial charge in [0.15, 0.2) is 17.5 Å². The normalized spacial score (nSPS) is 34.1. The predicted octanol–water partition coefficient (Wildman–Crippen LogP) is 1.38. The number of fused-ring (bicyclic) bond motifs is 1. The van der Waals surface area contributed by atoms with Crippen LogP contribution < -0.4 is 0 Å². The number of carbonyl (C=O) groups is 4. The summed E-state index contributed by atoms with van der Waals surface area (Å²) in [6.45, 7) is 10.2. The molecule has 0 aromatic heterocycles. The van der Waals surface area contributed by atoms with E-state index in [9.17, 15) is 24.3 Å². The Labute approximate surface area is 170 Å². The molecule has 0 radical (unpaired) electrons. The maximum absolute atomic E-state index is 13.1. The number of carbonyl (C=O) groups excluding carboxylic acids is 4. The largest absolute Gasteiger partial charge is 0.455 e. The molecule has 8 heteroatoms. The summed E-state index contributed by atoms with van der Waals surface area (Å²) < 4.78 is 16.0. The van der Waals surface area contributed by atoms with E-state index in [1.807, 2.05) is 0 Å². The molecule has 2 rings (SSSR count). The van der Waals surface area contributed by atoms with Crippen LogP contribution in [0.5, 0.6) is 0 Å². The molecule has 162 valence electrons. The van der Waals surface area contributed by atoms with Gasteiger partial charge < -0.3 is 19.3 Å². The van der Waals surface area contributed by atoms with Crippen LogP contribution in [0.2, 0.25) is 0 Å². The molecular weight excluding hydrogens is 380 g/mol. The standard InChI is InChI=1S/C21H30O8/c1-7-10(2)19(24)29-18-17-14(12(4)20(25)28-17)9-15(22)13(5)21(18,26)16(23)8-11(3)27-6/h10-11,13-14,17-18,26H,4,7-9H2,1-3,5-6H3. The quantitative estimate of drug-likeness (QED) is 0.494. The monoisotopic (exact) mass is 410 g/mol. The van der Waals surface area contributed by atoms with Crippen molar-refractivity contribution in [1.82, 2.24) is 0 Å². The van der Waals surface area contributed by atoms with Gasteiger partial charge in [-0.15, -0.1) is 0 Å². The van der Waals surface area contributed by atoms with Crippen molar-refractivity contribution in [3.8, 4) is 0 Å². The van der Waals surface area contributed by atoms with E-state index in [1.54, 1.807) is 20.8 Å². The minimum absolute atomic E-state index is 0.0714. The van der Waals surface area contributed by atoms with Gasteiger partial charge >= 0.3 is 11.9 Å². The van der Waals surface area contributed by atoms with Crippen molar-refractivity contribution in [2.24, 2.45) is 17.8 Å². The van der Waals surface area contributed by atoms with Crippen molar-refractivity contribution in [2.45, 2.75) is 70.9 Å². The van der Waals surface area contributed by atoms with Crippen LogP contribution in [-0.2, 0) is 33.4 Å². The third kappa shape index (κ3) is 4.14. The van der Waals surface area contributed by atoms with Crippen LogP contribution >= 0.6 is 0 Å². The number of rotatable bonds is 7. The number of hydrogen-bond acceptors (Lipinski definition) is 8. The Morgan fingerprint density at radius 1 is 1.34 bits per heavy atom. The Hall–Kier alpha value is -2.06. The van der Waals surface area contributed by atoms with Gasteiger partial charge in [0.1, 0.15) is 11.9 Å². The molecular formula is C21H30O8. The van der Waals surface area contributed by atoms with E-state index in [0.717, 1.165) is 0 Å². The number of methoxy groups -OCH3 is 1. The molecule has 0 aromatic carbocycles. The van der Waals surface area contributed by atoms with Crippen molar-refractivity contribution in [2.75, 3.05) is 7.11 Å². The second-order valence-electron chi connectivity index (χ2n) is 8.06. The molecule has 0 amide bonds. The van der Waals surface area contributed by atoms with Crippen LogP contribution in [0.4, 0.5) is 0 Å². The first-order valence-electron chi connectivity index (χ1n) is 9.90. The number of esters is 2. The number of hydrogen-bond donors (Lipinski definition) is 1. The summed E-state index contributed by atoms with van der Waals surface area (Å²) in [5, 5.41) is 11.6. The zero-order valence-corrected chi connectivity index (χ0v) is 17.6. The fourth-order valence-electron chi connectivity index (χ4n) is 3.75. The molecule has 29 heavy (non-hydrogen) atoms. The van der Waals surface area contributed by atoms with E-state index in [0.29, 0.717) is 6.42 Å². The van der Waals surface area contributed by atoms with E-state index in [-0.39, 0.29) is 18.4 Å². The number of ketones is 2. The lowest BCUT2D eigenvalue weighted by Gasteiger charge is -2.39. The maximum atomic E-state index is 13.1. The van der Waals surface area contributed by atoms with E-state index < -0.39 is 65.2 Å². The molecule has 0 aromatic rings. The molecule has 7 atom stereocenters. The molecule has 1 saturated heterocycles. The average Bonchev–Trinajstić information content (AvgIpc) is 2.93. The number of Topliss-reactive ketones (excluding diaryl/α,β-unsaturated/α-hetero) is 2. The molecule has 2 aliphatic rings. The van der Waals surface area contributed by atoms with Crippen molar-refractivity contribution in [3.05, 3.63) is 12.2 Å². The van der Waals surface area contributed by atoms with Crippen LogP contribution in [0.15, 0.2) is 12.2 Å². The topological polar surface area (TPSA) is 116 Å². The van der Waals surface area contributed by atoms with Gasteiger partial charge in [0.05, 0.1) is 17.9 Å². The van der Waals surface area contributed by atoms with Crippen molar-refractivity contribution in [3.63, 3.8) is 0 Å². The van der Waals surface area contributed by atoms with Gasteiger partial charge in [-0.25, -0.2) is 4.79 Å². The average molecular weight is 410 g/mol. The summed E-state index contributed by atoms with van der Waals surface area (Å²) in [6.07, 6.45) is -3.07. The van der Waals surface area contributed by atoms with Gasteiger partial charge in [0, 0.05) is 31.4 Å². The highest BCUT2D eigenvalue weighted by atomic mass is 16.6. The van der Waals surface area contributed by atoms with Crippen LogP contribution in [-0.4, -0.2) is 59.6 Å². The van der Waals surface area contributed by atoms with E-state index >= 15 is 0 Å². The molecule has 1 saturated carbocycles. The highest BCUT2D eigenvalue weighted by molar-refractivity contribution is 5.99. The van der Waals surface area contributed by atoms with Crippen LogP contribution in [0, 0.1) is 17.8 Å². The summed E-state index contributed by atoms with van der Waals surface area (Å²) >= 11 is 0. The molecule has 1 N–H and O–H groups in total. The SMILES string of the molecule is C=C1C(=O)OC2C1CC(=O)C(C)C(O)(C(=O)CC(C)OC)C2OC(=O)C(C)CC. The zero-order chi connectivity index (χ0) is 22.1. The molecule has 2 fully saturated rings. The Bertz CT molecular complexity index is 713. The number of ether oxygens (including phenoxy) is 3. The third-order valence-electron chi connectivity index (χ3n) is 6.23. The molecule has 0 bridgehead atoms. The lowest BCUT2D eigenvalue weighted by atomic mass is 9.76. The molecule has 8 nitrogen and oxygen atoms in total. The van der Waals surface area contributed by atoms with Gasteiger partial charge in [-0.2, -0.15) is 0 Å². The second-order valence-corrected chi connectivity index (χ2v) is 8.06. The summed E-state index contributed by atoms with van der Waals surface area (Å²) in [5.41, 5.74) is -2.28. The summed E-state index contributed by atoms with van der Waals surface area (Å²) in [4.78, 5) is 50.6. The van der Waals surface area contributed by atoms with Gasteiger partial charge in [-0.05, 0) is 13.3 Å². The van der Waals surface area contributed by atoms with Crippen LogP contribution in [0.1, 0.15) is 47.0 Å². The second kappa shape index (κ2) is 8.75. The minimum Gasteiger partial charge on any atom is -0.455 e. The lowest BCUT2D eigenvalue weighted by Crippen LogP contribution is -2.61. The highest BCUT2D eigenvalue weighted by Crippen LogP contribution is 2.44. The lowest BCUT2D eigenvalue weighted by molar-refractivity contribution is -0.199. The van der Waals surface area contributed by atoms with E-state index in [1.165, 1.54) is 14.0 Å².